The topological polar surface area (TPSA) is 87.8 Å². The first kappa shape index (κ1) is 16.6. The zero-order valence-electron chi connectivity index (χ0n) is 13.6. The molecule has 1 aliphatic rings. The van der Waals surface area contributed by atoms with Crippen LogP contribution in [0.2, 0.25) is 0 Å². The van der Waals surface area contributed by atoms with Crippen molar-refractivity contribution in [1.82, 2.24) is 5.43 Å². The number of rotatable bonds is 5. The molecule has 1 amide bonds. The quantitative estimate of drug-likeness (QED) is 0.516. The minimum Gasteiger partial charge on any atom is -0.372 e. The molecule has 2 aromatic carbocycles. The minimum atomic E-state index is -0.486. The van der Waals surface area contributed by atoms with Gasteiger partial charge in [0.15, 0.2) is 0 Å². The number of hydrogen-bond acceptors (Lipinski definition) is 5. The Morgan fingerprint density at radius 2 is 1.80 bits per heavy atom. The van der Waals surface area contributed by atoms with E-state index in [1.165, 1.54) is 25.1 Å². The van der Waals surface area contributed by atoms with Crippen LogP contribution in [0.3, 0.4) is 0 Å². The van der Waals surface area contributed by atoms with Crippen molar-refractivity contribution in [3.05, 3.63) is 69.8 Å². The molecule has 25 heavy (non-hydrogen) atoms. The lowest BCUT2D eigenvalue weighted by Gasteiger charge is -2.17. The maximum Gasteiger partial charge on any atom is 0.278 e. The van der Waals surface area contributed by atoms with E-state index < -0.39 is 4.92 Å². The fraction of sp³-hybridized carbons (Fsp3) is 0.222. The van der Waals surface area contributed by atoms with E-state index in [1.54, 1.807) is 30.3 Å². The van der Waals surface area contributed by atoms with Gasteiger partial charge in [-0.3, -0.25) is 14.9 Å². The highest BCUT2D eigenvalue weighted by Crippen LogP contribution is 2.20. The largest absolute Gasteiger partial charge is 0.372 e. The number of carbonyl (C=O) groups is 1. The summed E-state index contributed by atoms with van der Waals surface area (Å²) in [6.07, 6.45) is 3.67. The number of amides is 1. The summed E-state index contributed by atoms with van der Waals surface area (Å²) < 4.78 is 0. The molecule has 0 unspecified atom stereocenters. The zero-order chi connectivity index (χ0) is 17.6. The highest BCUT2D eigenvalue weighted by Gasteiger charge is 2.13. The molecule has 1 saturated heterocycles. The van der Waals surface area contributed by atoms with Crippen LogP contribution < -0.4 is 10.3 Å². The molecule has 2 aromatic rings. The summed E-state index contributed by atoms with van der Waals surface area (Å²) in [5.74, 6) is -0.359. The number of nitrogens with zero attached hydrogens (tertiary/aromatic N) is 3. The van der Waals surface area contributed by atoms with Crippen molar-refractivity contribution in [3.8, 4) is 0 Å². The second kappa shape index (κ2) is 7.57. The fourth-order valence-corrected chi connectivity index (χ4v) is 2.79. The van der Waals surface area contributed by atoms with Crippen molar-refractivity contribution in [3.63, 3.8) is 0 Å². The molecule has 3 rings (SSSR count). The van der Waals surface area contributed by atoms with E-state index in [0.29, 0.717) is 11.1 Å². The average molecular weight is 338 g/mol. The van der Waals surface area contributed by atoms with Gasteiger partial charge in [0.2, 0.25) is 0 Å². The molecular weight excluding hydrogens is 320 g/mol. The van der Waals surface area contributed by atoms with Gasteiger partial charge in [-0.25, -0.2) is 5.43 Å². The summed E-state index contributed by atoms with van der Waals surface area (Å²) in [5, 5.41) is 14.8. The maximum atomic E-state index is 12.1. The molecule has 0 saturated carbocycles. The van der Waals surface area contributed by atoms with Gasteiger partial charge in [-0.2, -0.15) is 5.10 Å². The Bertz CT molecular complexity index is 796. The van der Waals surface area contributed by atoms with Crippen molar-refractivity contribution < 1.29 is 9.72 Å². The van der Waals surface area contributed by atoms with E-state index >= 15 is 0 Å². The van der Waals surface area contributed by atoms with Crippen LogP contribution in [0, 0.1) is 10.1 Å². The molecule has 0 aliphatic carbocycles. The summed E-state index contributed by atoms with van der Waals surface area (Å²) in [6.45, 7) is 2.09. The number of hydrazone groups is 1. The third kappa shape index (κ3) is 4.00. The van der Waals surface area contributed by atoms with E-state index in [-0.39, 0.29) is 11.6 Å². The highest BCUT2D eigenvalue weighted by atomic mass is 16.6. The molecule has 7 heteroatoms. The van der Waals surface area contributed by atoms with E-state index in [9.17, 15) is 14.9 Å². The normalized spacial score (nSPS) is 14.0. The Labute approximate surface area is 145 Å². The van der Waals surface area contributed by atoms with E-state index in [4.69, 9.17) is 0 Å². The Kier molecular flexibility index (Phi) is 5.03. The lowest BCUT2D eigenvalue weighted by Crippen LogP contribution is -2.19. The van der Waals surface area contributed by atoms with Gasteiger partial charge >= 0.3 is 0 Å². The Morgan fingerprint density at radius 1 is 1.12 bits per heavy atom. The lowest BCUT2D eigenvalue weighted by atomic mass is 10.2. The number of nitro benzene ring substituents is 1. The summed E-state index contributed by atoms with van der Waals surface area (Å²) in [6, 6.07) is 13.6. The molecule has 1 heterocycles. The van der Waals surface area contributed by atoms with Gasteiger partial charge < -0.3 is 4.90 Å². The minimum absolute atomic E-state index is 0.0598. The smallest absolute Gasteiger partial charge is 0.278 e. The van der Waals surface area contributed by atoms with Gasteiger partial charge in [0.25, 0.3) is 11.6 Å². The van der Waals surface area contributed by atoms with Crippen LogP contribution in [0.5, 0.6) is 0 Å². The molecule has 0 atom stereocenters. The first-order valence-electron chi connectivity index (χ1n) is 8.07. The predicted octanol–water partition coefficient (Wildman–Crippen LogP) is 2.96. The van der Waals surface area contributed by atoms with Crippen molar-refractivity contribution in [2.45, 2.75) is 12.8 Å². The van der Waals surface area contributed by atoms with Crippen molar-refractivity contribution >= 4 is 23.5 Å². The molecular formula is C18H18N4O3. The van der Waals surface area contributed by atoms with Gasteiger partial charge in [0.05, 0.1) is 16.7 Å². The summed E-state index contributed by atoms with van der Waals surface area (Å²) in [4.78, 5) is 24.8. The number of carbonyl (C=O) groups excluding carboxylic acids is 1. The van der Waals surface area contributed by atoms with Crippen molar-refractivity contribution in [2.24, 2.45) is 5.10 Å². The van der Waals surface area contributed by atoms with Gasteiger partial charge in [0, 0.05) is 30.4 Å². The third-order valence-electron chi connectivity index (χ3n) is 4.10. The number of benzene rings is 2. The highest BCUT2D eigenvalue weighted by molar-refractivity contribution is 5.95. The van der Waals surface area contributed by atoms with Gasteiger partial charge in [-0.05, 0) is 43.2 Å². The average Bonchev–Trinajstić information content (AvgIpc) is 3.17. The van der Waals surface area contributed by atoms with Crippen LogP contribution >= 0.6 is 0 Å². The Balaban J connectivity index is 1.63. The van der Waals surface area contributed by atoms with Gasteiger partial charge in [0.1, 0.15) is 0 Å². The predicted molar refractivity (Wildman–Crippen MR) is 96.0 cm³/mol. The molecule has 1 fully saturated rings. The zero-order valence-corrected chi connectivity index (χ0v) is 13.6. The second-order valence-electron chi connectivity index (χ2n) is 5.76. The summed E-state index contributed by atoms with van der Waals surface area (Å²) in [5.41, 5.74) is 4.27. The standard InChI is InChI=1S/C18H18N4O3/c23-18(14-7-9-16(10-8-14)21-11-3-4-12-21)20-19-13-15-5-1-2-6-17(15)22(24)25/h1-2,5-10,13H,3-4,11-12H2,(H,20,23)/b19-13-. The second-order valence-corrected chi connectivity index (χ2v) is 5.76. The molecule has 1 N–H and O–H groups in total. The Morgan fingerprint density at radius 3 is 2.48 bits per heavy atom. The van der Waals surface area contributed by atoms with Crippen LogP contribution in [0.15, 0.2) is 53.6 Å². The number of nitrogens with one attached hydrogen (secondary N) is 1. The lowest BCUT2D eigenvalue weighted by molar-refractivity contribution is -0.385. The van der Waals surface area contributed by atoms with E-state index in [1.807, 2.05) is 12.1 Å². The fourth-order valence-electron chi connectivity index (χ4n) is 2.79. The maximum absolute atomic E-state index is 12.1. The molecule has 0 aromatic heterocycles. The molecule has 0 bridgehead atoms. The molecule has 1 aliphatic heterocycles. The first-order chi connectivity index (χ1) is 12.1. The van der Waals surface area contributed by atoms with Crippen molar-refractivity contribution in [2.75, 3.05) is 18.0 Å². The number of anilines is 1. The number of para-hydroxylation sites is 1. The van der Waals surface area contributed by atoms with Crippen LogP contribution in [-0.4, -0.2) is 30.1 Å². The molecule has 0 spiro atoms. The number of nitro groups is 1. The molecule has 0 radical (unpaired) electrons. The first-order valence-corrected chi connectivity index (χ1v) is 8.07. The van der Waals surface area contributed by atoms with Crippen LogP contribution in [0.25, 0.3) is 0 Å². The third-order valence-corrected chi connectivity index (χ3v) is 4.10. The Hall–Kier alpha value is -3.22. The molecule has 128 valence electrons. The summed E-state index contributed by atoms with van der Waals surface area (Å²) in [7, 11) is 0. The van der Waals surface area contributed by atoms with Crippen LogP contribution in [0.4, 0.5) is 11.4 Å². The monoisotopic (exact) mass is 338 g/mol. The molecule has 7 nitrogen and oxygen atoms in total. The van der Waals surface area contributed by atoms with Gasteiger partial charge in [-0.15, -0.1) is 0 Å². The summed E-state index contributed by atoms with van der Waals surface area (Å²) >= 11 is 0. The van der Waals surface area contributed by atoms with E-state index in [0.717, 1.165) is 18.8 Å². The van der Waals surface area contributed by atoms with Crippen LogP contribution in [0.1, 0.15) is 28.8 Å². The van der Waals surface area contributed by atoms with Crippen LogP contribution in [-0.2, 0) is 0 Å². The SMILES string of the molecule is O=C(N/N=C\c1ccccc1[N+](=O)[O-])c1ccc(N2CCCC2)cc1. The number of hydrogen-bond donors (Lipinski definition) is 1. The van der Waals surface area contributed by atoms with E-state index in [2.05, 4.69) is 15.4 Å². The van der Waals surface area contributed by atoms with Crippen molar-refractivity contribution in [1.29, 1.82) is 0 Å². The van der Waals surface area contributed by atoms with Gasteiger partial charge in [-0.1, -0.05) is 12.1 Å².